The highest BCUT2D eigenvalue weighted by Gasteiger charge is 2.32. The van der Waals surface area contributed by atoms with E-state index in [1.807, 2.05) is 19.9 Å². The molecule has 2 fully saturated rings. The molecule has 0 spiro atoms. The van der Waals surface area contributed by atoms with Gasteiger partial charge in [-0.15, -0.1) is 0 Å². The number of piperazine rings is 1. The molecule has 154 valence electrons. The minimum Gasteiger partial charge on any atom is -0.447 e. The van der Waals surface area contributed by atoms with Crippen molar-refractivity contribution in [3.63, 3.8) is 0 Å². The van der Waals surface area contributed by atoms with Gasteiger partial charge in [-0.2, -0.15) is 5.26 Å². The van der Waals surface area contributed by atoms with Gasteiger partial charge in [-0.05, 0) is 37.6 Å². The van der Waals surface area contributed by atoms with Crippen molar-refractivity contribution < 1.29 is 14.3 Å². The smallest absolute Gasteiger partial charge is 0.415 e. The molecule has 0 aromatic carbocycles. The Morgan fingerprint density at radius 3 is 2.53 bits per heavy atom. The summed E-state index contributed by atoms with van der Waals surface area (Å²) in [6.45, 7) is 6.61. The summed E-state index contributed by atoms with van der Waals surface area (Å²) < 4.78 is 5.02. The minimum atomic E-state index is -0.420. The Morgan fingerprint density at radius 2 is 1.97 bits per heavy atom. The Hall–Kier alpha value is -3.67. The molecule has 1 atom stereocenters. The summed E-state index contributed by atoms with van der Waals surface area (Å²) in [6.07, 6.45) is 2.66. The van der Waals surface area contributed by atoms with Crippen molar-refractivity contribution in [2.45, 2.75) is 19.9 Å². The van der Waals surface area contributed by atoms with E-state index in [9.17, 15) is 9.59 Å². The molecule has 2 aromatic heterocycles. The monoisotopic (exact) mass is 406 g/mol. The van der Waals surface area contributed by atoms with Crippen molar-refractivity contribution in [2.75, 3.05) is 42.6 Å². The molecule has 0 N–H and O–H groups in total. The van der Waals surface area contributed by atoms with Gasteiger partial charge in [0, 0.05) is 38.6 Å². The fraction of sp³-hybridized carbons (Fsp3) is 0.381. The number of rotatable bonds is 3. The number of aromatic nitrogens is 2. The second-order valence-electron chi connectivity index (χ2n) is 7.46. The summed E-state index contributed by atoms with van der Waals surface area (Å²) in [4.78, 5) is 38.8. The third-order valence-corrected chi connectivity index (χ3v) is 5.37. The molecule has 2 saturated heterocycles. The fourth-order valence-electron chi connectivity index (χ4n) is 3.75. The van der Waals surface area contributed by atoms with Crippen LogP contribution in [0.25, 0.3) is 0 Å². The molecule has 30 heavy (non-hydrogen) atoms. The first-order chi connectivity index (χ1) is 14.5. The van der Waals surface area contributed by atoms with E-state index in [0.717, 1.165) is 11.4 Å². The molecule has 9 nitrogen and oxygen atoms in total. The maximum atomic E-state index is 12.9. The Morgan fingerprint density at radius 1 is 1.20 bits per heavy atom. The predicted molar refractivity (Wildman–Crippen MR) is 109 cm³/mol. The zero-order valence-corrected chi connectivity index (χ0v) is 16.9. The maximum absolute atomic E-state index is 12.9. The number of cyclic esters (lactones) is 1. The van der Waals surface area contributed by atoms with Gasteiger partial charge in [0.05, 0.1) is 17.2 Å². The van der Waals surface area contributed by atoms with Crippen molar-refractivity contribution in [1.29, 1.82) is 5.26 Å². The Bertz CT molecular complexity index is 1010. The van der Waals surface area contributed by atoms with E-state index >= 15 is 0 Å². The van der Waals surface area contributed by atoms with Gasteiger partial charge in [-0.1, -0.05) is 0 Å². The van der Waals surface area contributed by atoms with Crippen LogP contribution in [0.3, 0.4) is 0 Å². The van der Waals surface area contributed by atoms with Crippen LogP contribution >= 0.6 is 0 Å². The van der Waals surface area contributed by atoms with Gasteiger partial charge < -0.3 is 14.5 Å². The van der Waals surface area contributed by atoms with Crippen LogP contribution in [0.4, 0.5) is 16.4 Å². The molecule has 0 saturated carbocycles. The van der Waals surface area contributed by atoms with E-state index < -0.39 is 6.09 Å². The number of nitrogens with zero attached hydrogens (tertiary/aromatic N) is 6. The lowest BCUT2D eigenvalue weighted by Crippen LogP contribution is -2.49. The van der Waals surface area contributed by atoms with Crippen LogP contribution in [-0.4, -0.2) is 65.7 Å². The molecule has 2 amide bonds. The third kappa shape index (κ3) is 3.64. The first-order valence-electron chi connectivity index (χ1n) is 9.81. The number of pyridine rings is 2. The second kappa shape index (κ2) is 7.99. The average Bonchev–Trinajstić information content (AvgIpc) is 3.11. The number of nitriles is 1. The molecular weight excluding hydrogens is 384 g/mol. The van der Waals surface area contributed by atoms with Crippen molar-refractivity contribution in [3.8, 4) is 6.07 Å². The molecule has 2 aromatic rings. The quantitative estimate of drug-likeness (QED) is 0.768. The summed E-state index contributed by atoms with van der Waals surface area (Å²) >= 11 is 0. The van der Waals surface area contributed by atoms with Crippen LogP contribution in [0, 0.1) is 18.3 Å². The third-order valence-electron chi connectivity index (χ3n) is 5.37. The van der Waals surface area contributed by atoms with E-state index in [2.05, 4.69) is 20.9 Å². The molecule has 1 unspecified atom stereocenters. The van der Waals surface area contributed by atoms with Crippen molar-refractivity contribution >= 4 is 23.6 Å². The number of aryl methyl sites for hydroxylation is 1. The average molecular weight is 406 g/mol. The number of carbonyl (C=O) groups excluding carboxylic acids is 2. The number of hydrogen-bond acceptors (Lipinski definition) is 7. The molecule has 4 heterocycles. The summed E-state index contributed by atoms with van der Waals surface area (Å²) in [5, 5.41) is 8.99. The maximum Gasteiger partial charge on any atom is 0.415 e. The summed E-state index contributed by atoms with van der Waals surface area (Å²) in [5.41, 5.74) is 1.97. The second-order valence-corrected chi connectivity index (χ2v) is 7.46. The van der Waals surface area contributed by atoms with Gasteiger partial charge in [0.1, 0.15) is 24.3 Å². The Labute approximate surface area is 174 Å². The molecule has 2 aliphatic rings. The molecule has 0 bridgehead atoms. The van der Waals surface area contributed by atoms with Gasteiger partial charge in [0.25, 0.3) is 5.91 Å². The van der Waals surface area contributed by atoms with E-state index in [4.69, 9.17) is 10.00 Å². The number of amides is 2. The molecular formula is C21H22N6O3. The number of hydrogen-bond donors (Lipinski definition) is 0. The van der Waals surface area contributed by atoms with Gasteiger partial charge in [0.2, 0.25) is 0 Å². The zero-order valence-electron chi connectivity index (χ0n) is 16.9. The first-order valence-corrected chi connectivity index (χ1v) is 9.81. The lowest BCUT2D eigenvalue weighted by atomic mass is 10.2. The fourth-order valence-corrected chi connectivity index (χ4v) is 3.75. The number of ether oxygens (including phenoxy) is 1. The van der Waals surface area contributed by atoms with Crippen LogP contribution in [0.5, 0.6) is 0 Å². The van der Waals surface area contributed by atoms with Crippen molar-refractivity contribution in [3.05, 3.63) is 47.3 Å². The lowest BCUT2D eigenvalue weighted by Gasteiger charge is -2.36. The highest BCUT2D eigenvalue weighted by Crippen LogP contribution is 2.22. The topological polar surface area (TPSA) is 103 Å². The van der Waals surface area contributed by atoms with Crippen LogP contribution in [0.15, 0.2) is 30.6 Å². The van der Waals surface area contributed by atoms with Crippen molar-refractivity contribution in [2.24, 2.45) is 0 Å². The zero-order chi connectivity index (χ0) is 21.3. The predicted octanol–water partition coefficient (Wildman–Crippen LogP) is 1.96. The largest absolute Gasteiger partial charge is 0.447 e. The van der Waals surface area contributed by atoms with Gasteiger partial charge >= 0.3 is 6.09 Å². The molecule has 9 heteroatoms. The van der Waals surface area contributed by atoms with E-state index in [1.165, 1.54) is 11.1 Å². The van der Waals surface area contributed by atoms with E-state index in [0.29, 0.717) is 49.7 Å². The number of carbonyl (C=O) groups is 2. The minimum absolute atomic E-state index is 0.0843. The van der Waals surface area contributed by atoms with Crippen LogP contribution in [0.2, 0.25) is 0 Å². The standard InChI is InChI=1S/C21H22N6O3/c1-14-9-16(10-22)11-24-19(14)25-5-7-26(8-6-25)20(28)17-3-4-18(23-12-17)27-15(2)13-30-21(27)29/h3-4,9,11-12,15H,5-8,13H2,1-2H3. The van der Waals surface area contributed by atoms with Gasteiger partial charge in [-0.3, -0.25) is 9.69 Å². The summed E-state index contributed by atoms with van der Waals surface area (Å²) in [6, 6.07) is 7.21. The van der Waals surface area contributed by atoms with Crippen LogP contribution in [-0.2, 0) is 4.74 Å². The Kier molecular flexibility index (Phi) is 5.23. The van der Waals surface area contributed by atoms with Crippen LogP contribution in [0.1, 0.15) is 28.4 Å². The summed E-state index contributed by atoms with van der Waals surface area (Å²) in [7, 11) is 0. The van der Waals surface area contributed by atoms with Gasteiger partial charge in [0.15, 0.2) is 0 Å². The molecule has 0 aliphatic carbocycles. The molecule has 4 rings (SSSR count). The summed E-state index contributed by atoms with van der Waals surface area (Å²) in [5.74, 6) is 1.24. The van der Waals surface area contributed by atoms with Gasteiger partial charge in [-0.25, -0.2) is 14.8 Å². The van der Waals surface area contributed by atoms with E-state index in [-0.39, 0.29) is 11.9 Å². The highest BCUT2D eigenvalue weighted by atomic mass is 16.6. The lowest BCUT2D eigenvalue weighted by molar-refractivity contribution is 0.0746. The molecule has 0 radical (unpaired) electrons. The SMILES string of the molecule is Cc1cc(C#N)cnc1N1CCN(C(=O)c2ccc(N3C(=O)OCC3C)nc2)CC1. The Balaban J connectivity index is 1.40. The highest BCUT2D eigenvalue weighted by molar-refractivity contribution is 5.95. The molecule has 2 aliphatic heterocycles. The number of anilines is 2. The van der Waals surface area contributed by atoms with Crippen molar-refractivity contribution in [1.82, 2.24) is 14.9 Å². The normalized spacial score (nSPS) is 18.9. The first kappa shape index (κ1) is 19.6. The van der Waals surface area contributed by atoms with E-state index in [1.54, 1.807) is 23.2 Å². The van der Waals surface area contributed by atoms with Crippen LogP contribution < -0.4 is 9.80 Å².